The van der Waals surface area contributed by atoms with Crippen LogP contribution in [0.1, 0.15) is 6.42 Å². The minimum atomic E-state index is -0.321. The number of nitrogens with one attached hydrogen (secondary N) is 1. The predicted octanol–water partition coefficient (Wildman–Crippen LogP) is 2.16. The molecule has 1 aliphatic heterocycles. The fourth-order valence-corrected chi connectivity index (χ4v) is 2.35. The molecule has 0 bridgehead atoms. The van der Waals surface area contributed by atoms with Gasteiger partial charge in [0.15, 0.2) is 0 Å². The SMILES string of the molecule is O=[N+]([O-])c1cc(Br)ccc1N1CCCNCC1. The number of nitrogens with zero attached hydrogens (tertiary/aromatic N) is 2. The van der Waals surface area contributed by atoms with Gasteiger partial charge in [0, 0.05) is 30.2 Å². The molecule has 0 spiro atoms. The summed E-state index contributed by atoms with van der Waals surface area (Å²) in [7, 11) is 0. The normalized spacial score (nSPS) is 16.6. The van der Waals surface area contributed by atoms with Gasteiger partial charge in [-0.25, -0.2) is 0 Å². The number of halogens is 1. The zero-order valence-electron chi connectivity index (χ0n) is 9.36. The summed E-state index contributed by atoms with van der Waals surface area (Å²) in [6.45, 7) is 3.51. The van der Waals surface area contributed by atoms with Crippen molar-refractivity contribution in [3.8, 4) is 0 Å². The van der Waals surface area contributed by atoms with Crippen molar-refractivity contribution in [3.05, 3.63) is 32.8 Å². The van der Waals surface area contributed by atoms with Gasteiger partial charge in [0.25, 0.3) is 5.69 Å². The monoisotopic (exact) mass is 299 g/mol. The average molecular weight is 300 g/mol. The van der Waals surface area contributed by atoms with Crippen molar-refractivity contribution in [2.45, 2.75) is 6.42 Å². The smallest absolute Gasteiger partial charge is 0.293 e. The lowest BCUT2D eigenvalue weighted by atomic mass is 10.2. The third-order valence-corrected chi connectivity index (χ3v) is 3.31. The van der Waals surface area contributed by atoms with E-state index in [1.807, 2.05) is 12.1 Å². The van der Waals surface area contributed by atoms with Gasteiger partial charge in [-0.1, -0.05) is 15.9 Å². The van der Waals surface area contributed by atoms with Crippen molar-refractivity contribution in [2.24, 2.45) is 0 Å². The van der Waals surface area contributed by atoms with Crippen LogP contribution in [0.2, 0.25) is 0 Å². The maximum absolute atomic E-state index is 11.0. The van der Waals surface area contributed by atoms with E-state index < -0.39 is 0 Å². The molecule has 0 aromatic heterocycles. The molecular formula is C11H14BrN3O2. The summed E-state index contributed by atoms with van der Waals surface area (Å²) in [5, 5.41) is 14.3. The Balaban J connectivity index is 2.32. The van der Waals surface area contributed by atoms with Crippen LogP contribution < -0.4 is 10.2 Å². The summed E-state index contributed by atoms with van der Waals surface area (Å²) in [6.07, 6.45) is 1.01. The van der Waals surface area contributed by atoms with E-state index >= 15 is 0 Å². The van der Waals surface area contributed by atoms with E-state index in [2.05, 4.69) is 26.1 Å². The van der Waals surface area contributed by atoms with Crippen LogP contribution in [0.25, 0.3) is 0 Å². The molecule has 0 amide bonds. The highest BCUT2D eigenvalue weighted by Gasteiger charge is 2.20. The second kappa shape index (κ2) is 5.46. The average Bonchev–Trinajstić information content (AvgIpc) is 2.57. The molecule has 1 saturated heterocycles. The van der Waals surface area contributed by atoms with Crippen LogP contribution in [0.5, 0.6) is 0 Å². The molecule has 0 aliphatic carbocycles. The van der Waals surface area contributed by atoms with Gasteiger partial charge in [-0.2, -0.15) is 0 Å². The molecular weight excluding hydrogens is 286 g/mol. The number of hydrogen-bond donors (Lipinski definition) is 1. The van der Waals surface area contributed by atoms with Crippen molar-refractivity contribution >= 4 is 27.3 Å². The molecule has 1 aliphatic rings. The first-order valence-electron chi connectivity index (χ1n) is 5.58. The first-order chi connectivity index (χ1) is 8.18. The molecule has 0 saturated carbocycles. The van der Waals surface area contributed by atoms with Gasteiger partial charge < -0.3 is 10.2 Å². The third kappa shape index (κ3) is 2.95. The van der Waals surface area contributed by atoms with Crippen molar-refractivity contribution in [1.82, 2.24) is 5.32 Å². The first-order valence-corrected chi connectivity index (χ1v) is 6.37. The van der Waals surface area contributed by atoms with Gasteiger partial charge in [-0.15, -0.1) is 0 Å². The van der Waals surface area contributed by atoms with Crippen LogP contribution in [-0.2, 0) is 0 Å². The number of nitro benzene ring substituents is 1. The van der Waals surface area contributed by atoms with Crippen molar-refractivity contribution in [2.75, 3.05) is 31.1 Å². The van der Waals surface area contributed by atoms with E-state index in [0.717, 1.165) is 37.1 Å². The highest BCUT2D eigenvalue weighted by molar-refractivity contribution is 9.10. The number of anilines is 1. The van der Waals surface area contributed by atoms with E-state index in [1.165, 1.54) is 0 Å². The standard InChI is InChI=1S/C11H14BrN3O2/c12-9-2-3-10(11(8-9)15(16)17)14-6-1-4-13-5-7-14/h2-3,8,13H,1,4-7H2. The minimum absolute atomic E-state index is 0.168. The zero-order chi connectivity index (χ0) is 12.3. The van der Waals surface area contributed by atoms with Crippen LogP contribution >= 0.6 is 15.9 Å². The second-order valence-electron chi connectivity index (χ2n) is 3.98. The Morgan fingerprint density at radius 2 is 2.18 bits per heavy atom. The van der Waals surface area contributed by atoms with Gasteiger partial charge in [-0.05, 0) is 25.1 Å². The molecule has 0 radical (unpaired) electrons. The molecule has 1 heterocycles. The van der Waals surface area contributed by atoms with Crippen LogP contribution in [0, 0.1) is 10.1 Å². The first kappa shape index (κ1) is 12.3. The van der Waals surface area contributed by atoms with Crippen LogP contribution in [0.4, 0.5) is 11.4 Å². The summed E-state index contributed by atoms with van der Waals surface area (Å²) >= 11 is 3.27. The second-order valence-corrected chi connectivity index (χ2v) is 4.90. The van der Waals surface area contributed by atoms with Gasteiger partial charge in [0.05, 0.1) is 4.92 Å². The summed E-state index contributed by atoms with van der Waals surface area (Å²) in [5.41, 5.74) is 0.878. The van der Waals surface area contributed by atoms with E-state index in [1.54, 1.807) is 6.07 Å². The lowest BCUT2D eigenvalue weighted by molar-refractivity contribution is -0.384. The number of rotatable bonds is 2. The molecule has 17 heavy (non-hydrogen) atoms. The lowest BCUT2D eigenvalue weighted by Gasteiger charge is -2.21. The highest BCUT2D eigenvalue weighted by atomic mass is 79.9. The zero-order valence-corrected chi connectivity index (χ0v) is 10.9. The largest absolute Gasteiger partial charge is 0.365 e. The van der Waals surface area contributed by atoms with Gasteiger partial charge in [-0.3, -0.25) is 10.1 Å². The predicted molar refractivity (Wildman–Crippen MR) is 70.5 cm³/mol. The molecule has 5 nitrogen and oxygen atoms in total. The molecule has 6 heteroatoms. The van der Waals surface area contributed by atoms with Gasteiger partial charge in [0.2, 0.25) is 0 Å². The maximum Gasteiger partial charge on any atom is 0.293 e. The Labute approximate surface area is 108 Å². The Kier molecular flexibility index (Phi) is 3.96. The number of hydrogen-bond acceptors (Lipinski definition) is 4. The van der Waals surface area contributed by atoms with Crippen molar-refractivity contribution in [1.29, 1.82) is 0 Å². The molecule has 1 aromatic carbocycles. The van der Waals surface area contributed by atoms with Gasteiger partial charge in [0.1, 0.15) is 5.69 Å². The quantitative estimate of drug-likeness (QED) is 0.671. The summed E-state index contributed by atoms with van der Waals surface area (Å²) in [6, 6.07) is 5.22. The summed E-state index contributed by atoms with van der Waals surface area (Å²) in [4.78, 5) is 12.8. The lowest BCUT2D eigenvalue weighted by Crippen LogP contribution is -2.28. The highest BCUT2D eigenvalue weighted by Crippen LogP contribution is 2.31. The van der Waals surface area contributed by atoms with E-state index in [9.17, 15) is 10.1 Å². The van der Waals surface area contributed by atoms with Crippen molar-refractivity contribution < 1.29 is 4.92 Å². The number of nitro groups is 1. The van der Waals surface area contributed by atoms with Crippen LogP contribution in [-0.4, -0.2) is 31.1 Å². The summed E-state index contributed by atoms with van der Waals surface area (Å²) < 4.78 is 0.737. The van der Waals surface area contributed by atoms with Crippen LogP contribution in [0.3, 0.4) is 0 Å². The molecule has 0 atom stereocenters. The van der Waals surface area contributed by atoms with Crippen molar-refractivity contribution in [3.63, 3.8) is 0 Å². The molecule has 1 aromatic rings. The molecule has 2 rings (SSSR count). The fraction of sp³-hybridized carbons (Fsp3) is 0.455. The molecule has 92 valence electrons. The maximum atomic E-state index is 11.0. The Hall–Kier alpha value is -1.14. The fourth-order valence-electron chi connectivity index (χ4n) is 2.00. The van der Waals surface area contributed by atoms with E-state index in [0.29, 0.717) is 5.69 Å². The Morgan fingerprint density at radius 1 is 1.35 bits per heavy atom. The molecule has 0 unspecified atom stereocenters. The summed E-state index contributed by atoms with van der Waals surface area (Å²) in [5.74, 6) is 0. The molecule has 1 fully saturated rings. The minimum Gasteiger partial charge on any atom is -0.365 e. The molecule has 1 N–H and O–H groups in total. The Morgan fingerprint density at radius 3 is 2.94 bits per heavy atom. The third-order valence-electron chi connectivity index (χ3n) is 2.81. The number of benzene rings is 1. The topological polar surface area (TPSA) is 58.4 Å². The van der Waals surface area contributed by atoms with Crippen LogP contribution in [0.15, 0.2) is 22.7 Å². The Bertz CT molecular complexity index is 417. The van der Waals surface area contributed by atoms with E-state index in [-0.39, 0.29) is 10.6 Å². The van der Waals surface area contributed by atoms with Gasteiger partial charge >= 0.3 is 0 Å². The van der Waals surface area contributed by atoms with E-state index in [4.69, 9.17) is 0 Å².